The lowest BCUT2D eigenvalue weighted by Gasteiger charge is -2.47. The number of allylic oxidation sites excluding steroid dienone is 4. The topological polar surface area (TPSA) is 65.1 Å². The van der Waals surface area contributed by atoms with Gasteiger partial charge >= 0.3 is 0 Å². The predicted octanol–water partition coefficient (Wildman–Crippen LogP) is 8.56. The lowest BCUT2D eigenvalue weighted by Crippen LogP contribution is -2.43. The molecule has 3 aromatic rings. The van der Waals surface area contributed by atoms with Crippen molar-refractivity contribution in [3.8, 4) is 17.2 Å². The fourth-order valence-electron chi connectivity index (χ4n) is 7.19. The van der Waals surface area contributed by atoms with Crippen molar-refractivity contribution < 1.29 is 23.8 Å². The summed E-state index contributed by atoms with van der Waals surface area (Å²) in [6.45, 7) is 11.9. The van der Waals surface area contributed by atoms with E-state index in [1.807, 2.05) is 86.8 Å². The van der Waals surface area contributed by atoms with Gasteiger partial charge in [-0.25, -0.2) is 0 Å². The summed E-state index contributed by atoms with van der Waals surface area (Å²) in [4.78, 5) is 29.7. The van der Waals surface area contributed by atoms with E-state index < -0.39 is 0 Å². The molecular formula is C40H45NO5. The van der Waals surface area contributed by atoms with Gasteiger partial charge in [-0.05, 0) is 71.6 Å². The highest BCUT2D eigenvalue weighted by atomic mass is 16.5. The van der Waals surface area contributed by atoms with Crippen molar-refractivity contribution >= 4 is 11.6 Å². The van der Waals surface area contributed by atoms with Crippen LogP contribution in [0.2, 0.25) is 0 Å². The molecule has 46 heavy (non-hydrogen) atoms. The fraction of sp³-hybridized carbons (Fsp3) is 0.400. The number of benzene rings is 3. The Balaban J connectivity index is 1.23. The van der Waals surface area contributed by atoms with Gasteiger partial charge in [-0.2, -0.15) is 0 Å². The van der Waals surface area contributed by atoms with Crippen LogP contribution in [0.3, 0.4) is 0 Å². The maximum Gasteiger partial charge on any atom is 0.162 e. The summed E-state index contributed by atoms with van der Waals surface area (Å²) in [5, 5.41) is 0. The van der Waals surface area contributed by atoms with Crippen molar-refractivity contribution in [2.24, 2.45) is 10.8 Å². The Bertz CT molecular complexity index is 1640. The molecule has 0 saturated heterocycles. The molecule has 2 aliphatic carbocycles. The zero-order valence-corrected chi connectivity index (χ0v) is 27.9. The molecule has 0 radical (unpaired) electrons. The summed E-state index contributed by atoms with van der Waals surface area (Å²) in [7, 11) is 2.04. The highest BCUT2D eigenvalue weighted by Gasteiger charge is 2.48. The van der Waals surface area contributed by atoms with E-state index >= 15 is 0 Å². The molecule has 1 heterocycles. The molecule has 6 rings (SSSR count). The second-order valence-corrected chi connectivity index (χ2v) is 14.4. The van der Waals surface area contributed by atoms with Gasteiger partial charge in [0.15, 0.2) is 23.1 Å². The van der Waals surface area contributed by atoms with Crippen LogP contribution in [-0.2, 0) is 22.8 Å². The molecule has 0 aromatic heterocycles. The van der Waals surface area contributed by atoms with Crippen molar-refractivity contribution in [3.63, 3.8) is 0 Å². The molecule has 3 aromatic carbocycles. The van der Waals surface area contributed by atoms with E-state index in [0.29, 0.717) is 44.2 Å². The first-order valence-corrected chi connectivity index (χ1v) is 16.4. The van der Waals surface area contributed by atoms with Crippen molar-refractivity contribution in [2.75, 3.05) is 13.7 Å². The van der Waals surface area contributed by atoms with Crippen LogP contribution in [0, 0.1) is 10.8 Å². The molecule has 6 heteroatoms. The number of hydrogen-bond acceptors (Lipinski definition) is 6. The molecule has 0 bridgehead atoms. The average molecular weight is 620 g/mol. The van der Waals surface area contributed by atoms with Crippen molar-refractivity contribution in [1.29, 1.82) is 0 Å². The maximum absolute atomic E-state index is 13.8. The molecule has 6 nitrogen and oxygen atoms in total. The molecule has 0 atom stereocenters. The number of nitrogens with zero attached hydrogens (tertiary/aromatic N) is 1. The van der Waals surface area contributed by atoms with Crippen LogP contribution < -0.4 is 14.2 Å². The van der Waals surface area contributed by atoms with E-state index in [4.69, 9.17) is 14.2 Å². The fourth-order valence-corrected chi connectivity index (χ4v) is 7.19. The standard InChI is InChI=1S/C40H45NO5/c1-7-44-35-19-27(13-18-34(35)46-24-26-11-9-8-10-12-26)25-45-29-16-14-28(15-17-29)36-37-30(20-39(2,3)22-32(37)42)41(6)31-21-40(4,5)23-33(43)38(31)36/h8-19,36H,7,20-25H2,1-6H3. The van der Waals surface area contributed by atoms with E-state index in [1.54, 1.807) is 0 Å². The first-order chi connectivity index (χ1) is 21.9. The number of carbonyl (C=O) groups is 2. The molecule has 0 amide bonds. The Morgan fingerprint density at radius 1 is 0.674 bits per heavy atom. The summed E-state index contributed by atoms with van der Waals surface area (Å²) in [5.41, 5.74) is 6.50. The Labute approximate surface area is 273 Å². The zero-order valence-electron chi connectivity index (χ0n) is 27.9. The molecule has 0 saturated carbocycles. The maximum atomic E-state index is 13.8. The van der Waals surface area contributed by atoms with Crippen LogP contribution in [0.1, 0.15) is 82.9 Å². The Morgan fingerprint density at radius 3 is 1.85 bits per heavy atom. The minimum Gasteiger partial charge on any atom is -0.490 e. The summed E-state index contributed by atoms with van der Waals surface area (Å²) in [5.74, 6) is 2.05. The Hall–Kier alpha value is -4.32. The molecule has 240 valence electrons. The summed E-state index contributed by atoms with van der Waals surface area (Å²) in [6.07, 6.45) is 2.60. The van der Waals surface area contributed by atoms with E-state index in [2.05, 4.69) is 32.6 Å². The van der Waals surface area contributed by atoms with Gasteiger partial charge in [-0.15, -0.1) is 0 Å². The van der Waals surface area contributed by atoms with Gasteiger partial charge in [0.2, 0.25) is 0 Å². The second kappa shape index (κ2) is 12.5. The van der Waals surface area contributed by atoms with E-state index in [1.165, 1.54) is 0 Å². The minimum atomic E-state index is -0.348. The molecule has 1 aliphatic heterocycles. The largest absolute Gasteiger partial charge is 0.490 e. The lowest BCUT2D eigenvalue weighted by molar-refractivity contribution is -0.119. The first-order valence-electron chi connectivity index (χ1n) is 16.4. The number of ketones is 2. The highest BCUT2D eigenvalue weighted by molar-refractivity contribution is 6.06. The van der Waals surface area contributed by atoms with Crippen LogP contribution in [0.4, 0.5) is 0 Å². The van der Waals surface area contributed by atoms with Crippen LogP contribution in [0.15, 0.2) is 95.3 Å². The molecular weight excluding hydrogens is 574 g/mol. The number of hydrogen-bond donors (Lipinski definition) is 0. The molecule has 0 unspecified atom stereocenters. The highest BCUT2D eigenvalue weighted by Crippen LogP contribution is 2.54. The van der Waals surface area contributed by atoms with Gasteiger partial charge in [0.05, 0.1) is 6.61 Å². The van der Waals surface area contributed by atoms with Crippen molar-refractivity contribution in [3.05, 3.63) is 112 Å². The predicted molar refractivity (Wildman–Crippen MR) is 180 cm³/mol. The van der Waals surface area contributed by atoms with Crippen molar-refractivity contribution in [1.82, 2.24) is 4.90 Å². The first kappa shape index (κ1) is 31.7. The van der Waals surface area contributed by atoms with Gasteiger partial charge in [-0.1, -0.05) is 76.2 Å². The van der Waals surface area contributed by atoms with E-state index in [-0.39, 0.29) is 28.3 Å². The summed E-state index contributed by atoms with van der Waals surface area (Å²) >= 11 is 0. The molecule has 0 N–H and O–H groups in total. The van der Waals surface area contributed by atoms with Crippen LogP contribution in [0.25, 0.3) is 0 Å². The Morgan fingerprint density at radius 2 is 1.26 bits per heavy atom. The number of carbonyl (C=O) groups excluding carboxylic acids is 2. The van der Waals surface area contributed by atoms with Crippen molar-refractivity contribution in [2.45, 2.75) is 79.4 Å². The quantitative estimate of drug-likeness (QED) is 0.239. The summed E-state index contributed by atoms with van der Waals surface area (Å²) in [6, 6.07) is 23.9. The molecule has 0 fully saturated rings. The number of ether oxygens (including phenoxy) is 3. The third-order valence-corrected chi connectivity index (χ3v) is 9.34. The third kappa shape index (κ3) is 6.48. The van der Waals surface area contributed by atoms with Gasteiger partial charge < -0.3 is 19.1 Å². The summed E-state index contributed by atoms with van der Waals surface area (Å²) < 4.78 is 18.2. The van der Waals surface area contributed by atoms with E-state index in [0.717, 1.165) is 57.8 Å². The van der Waals surface area contributed by atoms with Gasteiger partial charge in [0.1, 0.15) is 19.0 Å². The van der Waals surface area contributed by atoms with Crippen LogP contribution in [-0.4, -0.2) is 30.1 Å². The van der Waals surface area contributed by atoms with Gasteiger partial charge in [0.25, 0.3) is 0 Å². The van der Waals surface area contributed by atoms with Crippen LogP contribution in [0.5, 0.6) is 17.2 Å². The van der Waals surface area contributed by atoms with Gasteiger partial charge in [0, 0.05) is 48.3 Å². The SMILES string of the molecule is CCOc1cc(COc2ccc(C3C4=C(CC(C)(C)CC4=O)N(C)C4=C3C(=O)CC(C)(C)C4)cc2)ccc1OCc1ccccc1. The van der Waals surface area contributed by atoms with Crippen LogP contribution >= 0.6 is 0 Å². The third-order valence-electron chi connectivity index (χ3n) is 9.34. The average Bonchev–Trinajstić information content (AvgIpc) is 3.00. The van der Waals surface area contributed by atoms with Gasteiger partial charge in [-0.3, -0.25) is 9.59 Å². The number of rotatable bonds is 9. The normalized spacial score (nSPS) is 19.1. The Kier molecular flexibility index (Phi) is 8.58. The minimum absolute atomic E-state index is 0.118. The number of Topliss-reactive ketones (excluding diaryl/α,β-unsaturated/α-hetero) is 2. The lowest BCUT2D eigenvalue weighted by atomic mass is 9.64. The van der Waals surface area contributed by atoms with E-state index in [9.17, 15) is 9.59 Å². The molecule has 3 aliphatic rings. The molecule has 0 spiro atoms. The smallest absolute Gasteiger partial charge is 0.162 e. The second-order valence-electron chi connectivity index (χ2n) is 14.4. The monoisotopic (exact) mass is 619 g/mol. The zero-order chi connectivity index (χ0) is 32.6.